The molecule has 0 aromatic heterocycles. The van der Waals surface area contributed by atoms with Crippen molar-refractivity contribution in [1.29, 1.82) is 0 Å². The lowest BCUT2D eigenvalue weighted by molar-refractivity contribution is -0.757. The smallest absolute Gasteiger partial charge is 0.490 e. The van der Waals surface area contributed by atoms with Gasteiger partial charge in [-0.15, -0.1) is 10.1 Å². The van der Waals surface area contributed by atoms with Crippen molar-refractivity contribution in [1.82, 2.24) is 0 Å². The largest absolute Gasteiger partial charge is 0.493 e. The molecule has 0 radical (unpaired) electrons. The van der Waals surface area contributed by atoms with Crippen molar-refractivity contribution in [3.63, 3.8) is 0 Å². The topological polar surface area (TPSA) is 141 Å². The zero-order chi connectivity index (χ0) is 45.5. The van der Waals surface area contributed by atoms with Crippen molar-refractivity contribution >= 4 is 24.0 Å². The summed E-state index contributed by atoms with van der Waals surface area (Å²) < 4.78 is 62.5. The number of unbranched alkanes of at least 4 members (excludes halogenated alkanes) is 3. The normalized spacial score (nSPS) is 33.4. The maximum Gasteiger partial charge on any atom is 0.490 e. The first kappa shape index (κ1) is 47.4. The third kappa shape index (κ3) is 8.86. The number of halogens is 3. The van der Waals surface area contributed by atoms with E-state index in [0.29, 0.717) is 55.6 Å². The van der Waals surface area contributed by atoms with Gasteiger partial charge in [0.15, 0.2) is 11.5 Å². The summed E-state index contributed by atoms with van der Waals surface area (Å²) in [5.41, 5.74) is 0.137. The van der Waals surface area contributed by atoms with Crippen LogP contribution >= 0.6 is 0 Å². The molecule has 4 fully saturated rings. The maximum atomic E-state index is 14.8. The van der Waals surface area contributed by atoms with Crippen LogP contribution < -0.4 is 9.47 Å². The number of hydrogen-bond acceptors (Lipinski definition) is 10. The Bertz CT molecular complexity index is 1940. The molecule has 62 heavy (non-hydrogen) atoms. The van der Waals surface area contributed by atoms with E-state index in [-0.39, 0.29) is 58.6 Å². The summed E-state index contributed by atoms with van der Waals surface area (Å²) in [5.74, 6) is -1.90. The summed E-state index contributed by atoms with van der Waals surface area (Å²) in [6.45, 7) is 16.0. The van der Waals surface area contributed by atoms with Crippen LogP contribution in [-0.2, 0) is 28.7 Å². The number of methoxy groups -OCH3 is 1. The minimum absolute atomic E-state index is 0.00809. The minimum Gasteiger partial charge on any atom is -0.493 e. The summed E-state index contributed by atoms with van der Waals surface area (Å²) in [7, 11) is 1.51. The first-order chi connectivity index (χ1) is 28.9. The second-order valence-corrected chi connectivity index (χ2v) is 20.9. The van der Waals surface area contributed by atoms with Crippen LogP contribution in [0.1, 0.15) is 144 Å². The zero-order valence-electron chi connectivity index (χ0n) is 37.8. The van der Waals surface area contributed by atoms with E-state index in [9.17, 15) is 37.7 Å². The number of allylic oxidation sites excluding steroid dienone is 2. The van der Waals surface area contributed by atoms with Gasteiger partial charge in [0.05, 0.1) is 25.7 Å². The highest BCUT2D eigenvalue weighted by molar-refractivity contribution is 5.87. The van der Waals surface area contributed by atoms with Crippen molar-refractivity contribution in [3.05, 3.63) is 51.6 Å². The molecule has 0 unspecified atom stereocenters. The molecule has 1 aromatic rings. The molecule has 0 bridgehead atoms. The minimum atomic E-state index is -5.03. The Hall–Kier alpha value is -4.10. The van der Waals surface area contributed by atoms with E-state index in [1.165, 1.54) is 18.8 Å². The van der Waals surface area contributed by atoms with Crippen LogP contribution in [0.25, 0.3) is 6.08 Å². The average Bonchev–Trinajstić information content (AvgIpc) is 3.19. The average molecular weight is 874 g/mol. The molecule has 4 saturated carbocycles. The molecule has 0 N–H and O–H groups in total. The number of ether oxygens (including phenoxy) is 4. The Balaban J connectivity index is 1.17. The number of carbonyl (C=O) groups is 3. The molecule has 6 rings (SSSR count). The lowest BCUT2D eigenvalue weighted by Crippen LogP contribution is -2.65. The zero-order valence-corrected chi connectivity index (χ0v) is 37.8. The fourth-order valence-electron chi connectivity index (χ4n) is 13.1. The quantitative estimate of drug-likeness (QED) is 0.0337. The first-order valence-corrected chi connectivity index (χ1v) is 22.4. The van der Waals surface area contributed by atoms with E-state index in [0.717, 1.165) is 51.4 Å². The van der Waals surface area contributed by atoms with Gasteiger partial charge >= 0.3 is 24.1 Å². The molecular formula is C48H66F3NO10. The number of carbonyl (C=O) groups excluding carboxylic acids is 3. The number of esters is 3. The van der Waals surface area contributed by atoms with Crippen LogP contribution in [0.5, 0.6) is 11.5 Å². The molecule has 11 nitrogen and oxygen atoms in total. The van der Waals surface area contributed by atoms with Gasteiger partial charge < -0.3 is 23.8 Å². The Morgan fingerprint density at radius 3 is 2.24 bits per heavy atom. The van der Waals surface area contributed by atoms with E-state index >= 15 is 0 Å². The van der Waals surface area contributed by atoms with E-state index < -0.39 is 40.1 Å². The Morgan fingerprint density at radius 2 is 1.56 bits per heavy atom. The van der Waals surface area contributed by atoms with E-state index in [1.54, 1.807) is 24.3 Å². The summed E-state index contributed by atoms with van der Waals surface area (Å²) >= 11 is 0. The summed E-state index contributed by atoms with van der Waals surface area (Å²) in [4.78, 5) is 53.8. The van der Waals surface area contributed by atoms with Crippen LogP contribution in [0.4, 0.5) is 13.2 Å². The van der Waals surface area contributed by atoms with Gasteiger partial charge in [0.25, 0.3) is 5.09 Å². The lowest BCUT2D eigenvalue weighted by Gasteiger charge is -2.71. The predicted molar refractivity (Wildman–Crippen MR) is 225 cm³/mol. The SMILES string of the molecule is COc1cc(/C=C/C(=O)OCCCCCCO[N+](=O)[O-])ccc1OC(=O)[C@]12CCC(C)(C)C[C@H]1C1=CC[C@@H]3[C@@]4(C)CC[C@H](OC(=O)C(F)(F)F)C(C)(C)[C@@H]4CC[C@@]3(C)[C@]1(C)CC2. The number of alkyl halides is 3. The molecule has 0 heterocycles. The molecule has 1 aromatic carbocycles. The Labute approximate surface area is 364 Å². The third-order valence-electron chi connectivity index (χ3n) is 16.7. The number of hydrogen-bond donors (Lipinski definition) is 0. The summed E-state index contributed by atoms with van der Waals surface area (Å²) in [6.07, 6.45) is 9.68. The standard InChI is InChI=1S/C48H66F3NO10/c1-42(2)23-25-47(40(54)61-34-16-13-31(29-35(34)58-8)14-18-39(53)59-27-11-9-10-12-28-60-52(56)57)26-24-45(6)32(33(47)30-42)15-17-37-44(5)21-20-38(62-41(55)48(49,50)51)43(3,4)36(44)19-22-46(37,45)7/h13-16,18,29,33,36-38H,9-12,17,19-28,30H2,1-8H3/b18-14+/t33-,36-,37+,38-,44-,45+,46+,47-/m0/s1. The van der Waals surface area contributed by atoms with Gasteiger partial charge in [-0.1, -0.05) is 72.6 Å². The Morgan fingerprint density at radius 1 is 0.871 bits per heavy atom. The second kappa shape index (κ2) is 17.5. The number of rotatable bonds is 14. The van der Waals surface area contributed by atoms with Gasteiger partial charge in [0, 0.05) is 11.5 Å². The van der Waals surface area contributed by atoms with E-state index in [4.69, 9.17) is 18.9 Å². The molecule has 344 valence electrons. The monoisotopic (exact) mass is 873 g/mol. The van der Waals surface area contributed by atoms with Crippen molar-refractivity contribution in [2.45, 2.75) is 151 Å². The van der Waals surface area contributed by atoms with Crippen LogP contribution in [0.3, 0.4) is 0 Å². The van der Waals surface area contributed by atoms with Gasteiger partial charge in [0.1, 0.15) is 6.10 Å². The molecular weight excluding hydrogens is 808 g/mol. The van der Waals surface area contributed by atoms with Crippen molar-refractivity contribution in [2.75, 3.05) is 20.3 Å². The molecule has 0 aliphatic heterocycles. The molecule has 8 atom stereocenters. The van der Waals surface area contributed by atoms with Crippen LogP contribution in [0.15, 0.2) is 35.9 Å². The number of fused-ring (bicyclic) bond motifs is 7. The predicted octanol–water partition coefficient (Wildman–Crippen LogP) is 11.2. The van der Waals surface area contributed by atoms with Crippen molar-refractivity contribution in [2.24, 2.45) is 50.2 Å². The first-order valence-electron chi connectivity index (χ1n) is 22.4. The molecule has 14 heteroatoms. The van der Waals surface area contributed by atoms with E-state index in [1.807, 2.05) is 13.8 Å². The van der Waals surface area contributed by atoms with Gasteiger partial charge in [-0.25, -0.2) is 9.59 Å². The number of nitrogens with zero attached hydrogens (tertiary/aromatic N) is 1. The van der Waals surface area contributed by atoms with Gasteiger partial charge in [-0.05, 0) is 147 Å². The van der Waals surface area contributed by atoms with Crippen LogP contribution in [0.2, 0.25) is 0 Å². The highest BCUT2D eigenvalue weighted by atomic mass is 19.4. The third-order valence-corrected chi connectivity index (χ3v) is 16.7. The molecule has 5 aliphatic carbocycles. The number of benzene rings is 1. The van der Waals surface area contributed by atoms with Gasteiger partial charge in [-0.3, -0.25) is 4.79 Å². The maximum absolute atomic E-state index is 14.8. The molecule has 5 aliphatic rings. The van der Waals surface area contributed by atoms with Gasteiger partial charge in [0.2, 0.25) is 0 Å². The van der Waals surface area contributed by atoms with Crippen molar-refractivity contribution in [3.8, 4) is 11.5 Å². The fourth-order valence-corrected chi connectivity index (χ4v) is 13.1. The highest BCUT2D eigenvalue weighted by Gasteiger charge is 2.70. The van der Waals surface area contributed by atoms with Crippen LogP contribution in [-0.4, -0.2) is 55.6 Å². The lowest BCUT2D eigenvalue weighted by atomic mass is 9.33. The summed E-state index contributed by atoms with van der Waals surface area (Å²) in [5, 5.41) is 9.42. The molecule has 0 spiro atoms. The molecule has 0 amide bonds. The summed E-state index contributed by atoms with van der Waals surface area (Å²) in [6, 6.07) is 5.17. The van der Waals surface area contributed by atoms with Crippen molar-refractivity contribution < 1.29 is 56.4 Å². The molecule has 0 saturated heterocycles. The van der Waals surface area contributed by atoms with Crippen LogP contribution in [0, 0.1) is 60.4 Å². The highest BCUT2D eigenvalue weighted by Crippen LogP contribution is 2.76. The second-order valence-electron chi connectivity index (χ2n) is 20.9. The van der Waals surface area contributed by atoms with Gasteiger partial charge in [-0.2, -0.15) is 13.2 Å². The van der Waals surface area contributed by atoms with E-state index in [2.05, 4.69) is 45.5 Å². The Kier molecular flexibility index (Phi) is 13.3. The fraction of sp³-hybridized carbons (Fsp3) is 0.729.